The van der Waals surface area contributed by atoms with Crippen molar-refractivity contribution < 1.29 is 21.6 Å². The summed E-state index contributed by atoms with van der Waals surface area (Å²) < 4.78 is 63.6. The maximum absolute atomic E-state index is 12.5. The van der Waals surface area contributed by atoms with Gasteiger partial charge in [0.15, 0.2) is 0 Å². The first-order valence-corrected chi connectivity index (χ1v) is 8.11. The summed E-state index contributed by atoms with van der Waals surface area (Å²) in [5.74, 6) is 0. The summed E-state index contributed by atoms with van der Waals surface area (Å²) in [4.78, 5) is -0.368. The van der Waals surface area contributed by atoms with E-state index in [-0.39, 0.29) is 23.8 Å². The Hall–Kier alpha value is -0.540. The molecular formula is C12H17Cl2F3N2O2S. The first kappa shape index (κ1) is 21.5. The highest BCUT2D eigenvalue weighted by Gasteiger charge is 2.32. The third-order valence-electron chi connectivity index (χ3n) is 2.57. The number of hydrogen-bond donors (Lipinski definition) is 2. The second-order valence-corrected chi connectivity index (χ2v) is 6.43. The normalized spacial score (nSPS) is 12.0. The van der Waals surface area contributed by atoms with Gasteiger partial charge in [0.2, 0.25) is 10.0 Å². The predicted octanol–water partition coefficient (Wildman–Crippen LogP) is 3.06. The molecule has 2 N–H and O–H groups in total. The third-order valence-corrected chi connectivity index (χ3v) is 4.51. The maximum Gasteiger partial charge on any atom is 0.416 e. The highest BCUT2D eigenvalue weighted by Crippen LogP contribution is 2.33. The minimum Gasteiger partial charge on any atom is -0.315 e. The van der Waals surface area contributed by atoms with Gasteiger partial charge in [-0.15, -0.1) is 12.4 Å². The Balaban J connectivity index is 0.00000441. The minimum absolute atomic E-state index is 0. The Morgan fingerprint density at radius 2 is 1.82 bits per heavy atom. The van der Waals surface area contributed by atoms with Crippen molar-refractivity contribution in [2.24, 2.45) is 0 Å². The fourth-order valence-corrected chi connectivity index (χ4v) is 3.12. The average Bonchev–Trinajstić information content (AvgIpc) is 2.37. The van der Waals surface area contributed by atoms with E-state index in [9.17, 15) is 21.6 Å². The van der Waals surface area contributed by atoms with E-state index in [1.807, 2.05) is 6.92 Å². The molecule has 4 nitrogen and oxygen atoms in total. The van der Waals surface area contributed by atoms with Gasteiger partial charge in [0.1, 0.15) is 4.90 Å². The van der Waals surface area contributed by atoms with Crippen LogP contribution in [0, 0.1) is 0 Å². The van der Waals surface area contributed by atoms with Crippen LogP contribution in [-0.4, -0.2) is 28.1 Å². The number of hydrogen-bond acceptors (Lipinski definition) is 3. The van der Waals surface area contributed by atoms with E-state index in [4.69, 9.17) is 11.6 Å². The van der Waals surface area contributed by atoms with Crippen molar-refractivity contribution >= 4 is 34.0 Å². The first-order chi connectivity index (χ1) is 9.68. The van der Waals surface area contributed by atoms with E-state index in [1.54, 1.807) is 0 Å². The topological polar surface area (TPSA) is 58.2 Å². The van der Waals surface area contributed by atoms with Gasteiger partial charge in [-0.2, -0.15) is 13.2 Å². The lowest BCUT2D eigenvalue weighted by Gasteiger charge is -2.11. The lowest BCUT2D eigenvalue weighted by atomic mass is 10.2. The maximum atomic E-state index is 12.5. The second-order valence-electron chi connectivity index (χ2n) is 4.29. The van der Waals surface area contributed by atoms with Gasteiger partial charge >= 0.3 is 6.18 Å². The fourth-order valence-electron chi connectivity index (χ4n) is 1.55. The van der Waals surface area contributed by atoms with Crippen molar-refractivity contribution in [2.45, 2.75) is 24.4 Å². The number of alkyl halides is 3. The summed E-state index contributed by atoms with van der Waals surface area (Å²) in [6.07, 6.45) is -3.65. The molecule has 1 aromatic rings. The molecule has 0 aromatic heterocycles. The highest BCUT2D eigenvalue weighted by molar-refractivity contribution is 7.89. The Bertz CT molecular complexity index is 580. The van der Waals surface area contributed by atoms with Crippen LogP contribution in [0.3, 0.4) is 0 Å². The molecule has 1 aromatic carbocycles. The summed E-state index contributed by atoms with van der Waals surface area (Å²) in [6.45, 7) is 3.27. The van der Waals surface area contributed by atoms with Crippen LogP contribution in [0.15, 0.2) is 23.1 Å². The first-order valence-electron chi connectivity index (χ1n) is 6.25. The van der Waals surface area contributed by atoms with Crippen molar-refractivity contribution in [1.82, 2.24) is 10.0 Å². The monoisotopic (exact) mass is 380 g/mol. The van der Waals surface area contributed by atoms with Crippen molar-refractivity contribution in [3.63, 3.8) is 0 Å². The van der Waals surface area contributed by atoms with Crippen LogP contribution in [-0.2, 0) is 16.2 Å². The quantitative estimate of drug-likeness (QED) is 0.714. The Morgan fingerprint density at radius 3 is 2.32 bits per heavy atom. The SMILES string of the molecule is CCCNCCNS(=O)(=O)c1ccc(C(F)(F)F)cc1Cl.Cl. The molecule has 0 spiro atoms. The molecule has 0 atom stereocenters. The molecule has 0 radical (unpaired) electrons. The van der Waals surface area contributed by atoms with E-state index < -0.39 is 26.8 Å². The molecule has 0 amide bonds. The smallest absolute Gasteiger partial charge is 0.315 e. The van der Waals surface area contributed by atoms with Gasteiger partial charge in [-0.05, 0) is 31.2 Å². The van der Waals surface area contributed by atoms with Crippen LogP contribution < -0.4 is 10.0 Å². The molecule has 0 saturated carbocycles. The van der Waals surface area contributed by atoms with Gasteiger partial charge < -0.3 is 5.32 Å². The number of sulfonamides is 1. The lowest BCUT2D eigenvalue weighted by molar-refractivity contribution is -0.137. The number of benzene rings is 1. The zero-order valence-electron chi connectivity index (χ0n) is 11.7. The van der Waals surface area contributed by atoms with Crippen molar-refractivity contribution in [2.75, 3.05) is 19.6 Å². The van der Waals surface area contributed by atoms with Crippen LogP contribution in [0.4, 0.5) is 13.2 Å². The van der Waals surface area contributed by atoms with E-state index in [1.165, 1.54) is 0 Å². The number of halogens is 5. The van der Waals surface area contributed by atoms with Crippen LogP contribution in [0.2, 0.25) is 5.02 Å². The Kier molecular flexibility index (Phi) is 8.71. The van der Waals surface area contributed by atoms with Gasteiger partial charge in [0.05, 0.1) is 10.6 Å². The number of nitrogens with one attached hydrogen (secondary N) is 2. The third kappa shape index (κ3) is 6.29. The highest BCUT2D eigenvalue weighted by atomic mass is 35.5. The van der Waals surface area contributed by atoms with Crippen molar-refractivity contribution in [3.05, 3.63) is 28.8 Å². The Labute approximate surface area is 138 Å². The molecule has 0 fully saturated rings. The average molecular weight is 381 g/mol. The van der Waals surface area contributed by atoms with Gasteiger partial charge in [0, 0.05) is 13.1 Å². The summed E-state index contributed by atoms with van der Waals surface area (Å²) in [5, 5.41) is 2.53. The second kappa shape index (κ2) is 8.93. The van der Waals surface area contributed by atoms with Crippen LogP contribution in [0.25, 0.3) is 0 Å². The molecule has 0 heterocycles. The van der Waals surface area contributed by atoms with Crippen LogP contribution in [0.1, 0.15) is 18.9 Å². The van der Waals surface area contributed by atoms with E-state index in [0.29, 0.717) is 18.7 Å². The van der Waals surface area contributed by atoms with Crippen molar-refractivity contribution in [3.8, 4) is 0 Å². The molecule has 128 valence electrons. The van der Waals surface area contributed by atoms with Crippen LogP contribution >= 0.6 is 24.0 Å². The van der Waals surface area contributed by atoms with Gasteiger partial charge in [-0.1, -0.05) is 18.5 Å². The predicted molar refractivity (Wildman–Crippen MR) is 82.1 cm³/mol. The molecule has 10 heteroatoms. The minimum atomic E-state index is -4.57. The van der Waals surface area contributed by atoms with E-state index in [2.05, 4.69) is 10.0 Å². The van der Waals surface area contributed by atoms with E-state index >= 15 is 0 Å². The van der Waals surface area contributed by atoms with Crippen molar-refractivity contribution in [1.29, 1.82) is 0 Å². The lowest BCUT2D eigenvalue weighted by Crippen LogP contribution is -2.32. The number of rotatable bonds is 7. The summed E-state index contributed by atoms with van der Waals surface area (Å²) >= 11 is 5.65. The molecular weight excluding hydrogens is 364 g/mol. The van der Waals surface area contributed by atoms with Gasteiger partial charge in [-0.3, -0.25) is 0 Å². The largest absolute Gasteiger partial charge is 0.416 e. The molecule has 22 heavy (non-hydrogen) atoms. The molecule has 1 rings (SSSR count). The van der Waals surface area contributed by atoms with E-state index in [0.717, 1.165) is 19.0 Å². The molecule has 0 unspecified atom stereocenters. The molecule has 0 aliphatic rings. The summed E-state index contributed by atoms with van der Waals surface area (Å²) in [6, 6.07) is 2.15. The van der Waals surface area contributed by atoms with Gasteiger partial charge in [0.25, 0.3) is 0 Å². The molecule has 0 saturated heterocycles. The summed E-state index contributed by atoms with van der Waals surface area (Å²) in [7, 11) is -3.93. The van der Waals surface area contributed by atoms with Crippen LogP contribution in [0.5, 0.6) is 0 Å². The molecule has 0 bridgehead atoms. The zero-order valence-corrected chi connectivity index (χ0v) is 14.1. The molecule has 0 aliphatic carbocycles. The van der Waals surface area contributed by atoms with Gasteiger partial charge in [-0.25, -0.2) is 13.1 Å². The molecule has 0 aliphatic heterocycles. The standard InChI is InChI=1S/C12H16ClF3N2O2S.ClH/c1-2-5-17-6-7-18-21(19,20)11-4-3-9(8-10(11)13)12(14,15)16;/h3-4,8,17-18H,2,5-7H2,1H3;1H. The zero-order chi connectivity index (χ0) is 16.1. The Morgan fingerprint density at radius 1 is 1.18 bits per heavy atom. The fraction of sp³-hybridized carbons (Fsp3) is 0.500. The summed E-state index contributed by atoms with van der Waals surface area (Å²) in [5.41, 5.74) is -0.990.